The van der Waals surface area contributed by atoms with Crippen molar-refractivity contribution in [3.05, 3.63) is 52.5 Å². The first-order chi connectivity index (χ1) is 16.7. The van der Waals surface area contributed by atoms with Gasteiger partial charge in [0.05, 0.1) is 30.9 Å². The van der Waals surface area contributed by atoms with E-state index in [2.05, 4.69) is 22.9 Å². The second-order valence-corrected chi connectivity index (χ2v) is 9.78. The van der Waals surface area contributed by atoms with Crippen LogP contribution in [0, 0.1) is 11.3 Å². The summed E-state index contributed by atoms with van der Waals surface area (Å²) in [6, 6.07) is 8.19. The van der Waals surface area contributed by atoms with Crippen LogP contribution in [0.3, 0.4) is 0 Å². The number of hydrogen-bond donors (Lipinski definition) is 0. The van der Waals surface area contributed by atoms with Crippen molar-refractivity contribution in [2.75, 3.05) is 31.1 Å². The molecular formula is C27H33N5O2. The lowest BCUT2D eigenvalue weighted by Gasteiger charge is -2.41. The van der Waals surface area contributed by atoms with Crippen molar-refractivity contribution in [2.45, 2.75) is 70.4 Å². The maximum Gasteiger partial charge on any atom is 0.228 e. The van der Waals surface area contributed by atoms with Crippen molar-refractivity contribution in [3.63, 3.8) is 0 Å². The zero-order chi connectivity index (χ0) is 23.5. The quantitative estimate of drug-likeness (QED) is 0.693. The molecule has 0 radical (unpaired) electrons. The molecule has 1 aliphatic carbocycles. The van der Waals surface area contributed by atoms with Gasteiger partial charge < -0.3 is 14.5 Å². The number of anilines is 1. The Morgan fingerprint density at radius 3 is 2.79 bits per heavy atom. The van der Waals surface area contributed by atoms with Gasteiger partial charge in [-0.3, -0.25) is 9.78 Å². The summed E-state index contributed by atoms with van der Waals surface area (Å²) in [5, 5.41) is 10.1. The number of pyridine rings is 2. The highest BCUT2D eigenvalue weighted by Crippen LogP contribution is 2.39. The standard InChI is InChI=1S/C27H33N5O2/c1-19-17-31(12-13-32(19)25(33)15-21-9-5-6-11-29-21)27-23(16-28)22-10-14-34-18-24(22)26(30-27)20-7-3-2-4-8-20/h5-6,9,11,19-20H,2-4,7-8,10,12-15,17-18H2,1H3. The lowest BCUT2D eigenvalue weighted by atomic mass is 9.82. The van der Waals surface area contributed by atoms with Crippen LogP contribution in [0.4, 0.5) is 5.82 Å². The summed E-state index contributed by atoms with van der Waals surface area (Å²) in [5.74, 6) is 1.37. The number of aromatic nitrogens is 2. The average molecular weight is 460 g/mol. The normalized spacial score (nSPS) is 21.1. The van der Waals surface area contributed by atoms with Gasteiger partial charge in [-0.1, -0.05) is 25.3 Å². The number of piperazine rings is 1. The van der Waals surface area contributed by atoms with E-state index in [9.17, 15) is 10.1 Å². The number of rotatable bonds is 4. The number of amides is 1. The average Bonchev–Trinajstić information content (AvgIpc) is 2.88. The Morgan fingerprint density at radius 2 is 2.06 bits per heavy atom. The Labute approximate surface area is 201 Å². The third-order valence-corrected chi connectivity index (χ3v) is 7.58. The Kier molecular flexibility index (Phi) is 6.77. The van der Waals surface area contributed by atoms with Gasteiger partial charge in [-0.15, -0.1) is 0 Å². The van der Waals surface area contributed by atoms with Crippen LogP contribution in [0.5, 0.6) is 0 Å². The molecule has 0 aromatic carbocycles. The van der Waals surface area contributed by atoms with Crippen LogP contribution in [0.25, 0.3) is 0 Å². The molecule has 1 amide bonds. The van der Waals surface area contributed by atoms with Crippen molar-refractivity contribution >= 4 is 11.7 Å². The van der Waals surface area contributed by atoms with Crippen molar-refractivity contribution in [1.82, 2.24) is 14.9 Å². The molecule has 1 saturated carbocycles. The van der Waals surface area contributed by atoms with E-state index in [0.29, 0.717) is 50.8 Å². The van der Waals surface area contributed by atoms with Crippen LogP contribution in [0.2, 0.25) is 0 Å². The van der Waals surface area contributed by atoms with E-state index in [1.54, 1.807) is 6.20 Å². The van der Waals surface area contributed by atoms with E-state index in [0.717, 1.165) is 47.6 Å². The summed E-state index contributed by atoms with van der Waals surface area (Å²) in [6.45, 7) is 5.28. The number of hydrogen-bond acceptors (Lipinski definition) is 6. The molecule has 4 heterocycles. The Bertz CT molecular complexity index is 1070. The molecule has 5 rings (SSSR count). The second-order valence-electron chi connectivity index (χ2n) is 9.78. The maximum atomic E-state index is 13.0. The molecule has 0 bridgehead atoms. The van der Waals surface area contributed by atoms with Gasteiger partial charge in [-0.2, -0.15) is 5.26 Å². The minimum atomic E-state index is 0.0378. The molecule has 2 fully saturated rings. The van der Waals surface area contributed by atoms with E-state index >= 15 is 0 Å². The highest BCUT2D eigenvalue weighted by Gasteiger charge is 2.33. The fourth-order valence-electron chi connectivity index (χ4n) is 5.80. The van der Waals surface area contributed by atoms with Gasteiger partial charge in [-0.25, -0.2) is 4.98 Å². The van der Waals surface area contributed by atoms with Gasteiger partial charge in [0.2, 0.25) is 5.91 Å². The predicted octanol–water partition coefficient (Wildman–Crippen LogP) is 3.75. The van der Waals surface area contributed by atoms with Crippen LogP contribution >= 0.6 is 0 Å². The molecule has 178 valence electrons. The molecule has 34 heavy (non-hydrogen) atoms. The molecule has 2 aliphatic heterocycles. The first-order valence-corrected chi connectivity index (χ1v) is 12.6. The van der Waals surface area contributed by atoms with Crippen molar-refractivity contribution in [2.24, 2.45) is 0 Å². The molecule has 0 spiro atoms. The summed E-state index contributed by atoms with van der Waals surface area (Å²) >= 11 is 0. The largest absolute Gasteiger partial charge is 0.376 e. The molecule has 1 unspecified atom stereocenters. The van der Waals surface area contributed by atoms with Crippen molar-refractivity contribution in [3.8, 4) is 6.07 Å². The summed E-state index contributed by atoms with van der Waals surface area (Å²) < 4.78 is 5.81. The molecule has 2 aromatic heterocycles. The number of fused-ring (bicyclic) bond motifs is 1. The summed E-state index contributed by atoms with van der Waals surface area (Å²) in [5.41, 5.74) is 4.96. The van der Waals surface area contributed by atoms with E-state index < -0.39 is 0 Å². The summed E-state index contributed by atoms with van der Waals surface area (Å²) in [4.78, 5) is 26.7. The number of carbonyl (C=O) groups is 1. The third-order valence-electron chi connectivity index (χ3n) is 7.58. The number of ether oxygens (including phenoxy) is 1. The predicted molar refractivity (Wildman–Crippen MR) is 129 cm³/mol. The highest BCUT2D eigenvalue weighted by atomic mass is 16.5. The van der Waals surface area contributed by atoms with Gasteiger partial charge in [0, 0.05) is 49.0 Å². The zero-order valence-corrected chi connectivity index (χ0v) is 20.0. The maximum absolute atomic E-state index is 13.0. The van der Waals surface area contributed by atoms with Crippen LogP contribution < -0.4 is 4.90 Å². The lowest BCUT2D eigenvalue weighted by Crippen LogP contribution is -2.55. The first-order valence-electron chi connectivity index (χ1n) is 12.6. The smallest absolute Gasteiger partial charge is 0.228 e. The molecule has 1 atom stereocenters. The number of carbonyl (C=O) groups excluding carboxylic acids is 1. The SMILES string of the molecule is CC1CN(c2nc(C3CCCCC3)c3c(c2C#N)CCOC3)CCN1C(=O)Cc1ccccn1. The molecule has 0 N–H and O–H groups in total. The minimum absolute atomic E-state index is 0.0378. The molecule has 7 heteroatoms. The van der Waals surface area contributed by atoms with E-state index in [1.165, 1.54) is 19.3 Å². The number of nitriles is 1. The molecular weight excluding hydrogens is 426 g/mol. The molecule has 1 saturated heterocycles. The van der Waals surface area contributed by atoms with Gasteiger partial charge in [0.1, 0.15) is 11.9 Å². The third kappa shape index (κ3) is 4.52. The number of nitrogens with zero attached hydrogens (tertiary/aromatic N) is 5. The zero-order valence-electron chi connectivity index (χ0n) is 20.0. The Hall–Kier alpha value is -2.98. The fraction of sp³-hybridized carbons (Fsp3) is 0.556. The van der Waals surface area contributed by atoms with E-state index in [-0.39, 0.29) is 11.9 Å². The summed E-state index contributed by atoms with van der Waals surface area (Å²) in [6.07, 6.45) is 8.92. The molecule has 3 aliphatic rings. The van der Waals surface area contributed by atoms with Crippen LogP contribution in [-0.4, -0.2) is 53.1 Å². The van der Waals surface area contributed by atoms with E-state index in [4.69, 9.17) is 9.72 Å². The minimum Gasteiger partial charge on any atom is -0.376 e. The van der Waals surface area contributed by atoms with Crippen LogP contribution in [0.15, 0.2) is 24.4 Å². The highest BCUT2D eigenvalue weighted by molar-refractivity contribution is 5.79. The fourth-order valence-corrected chi connectivity index (χ4v) is 5.80. The summed E-state index contributed by atoms with van der Waals surface area (Å²) in [7, 11) is 0. The van der Waals surface area contributed by atoms with Gasteiger partial charge in [0.15, 0.2) is 0 Å². The van der Waals surface area contributed by atoms with Gasteiger partial charge >= 0.3 is 0 Å². The van der Waals surface area contributed by atoms with Gasteiger partial charge in [-0.05, 0) is 43.9 Å². The lowest BCUT2D eigenvalue weighted by molar-refractivity contribution is -0.132. The van der Waals surface area contributed by atoms with E-state index in [1.807, 2.05) is 23.1 Å². The molecule has 2 aromatic rings. The van der Waals surface area contributed by atoms with Crippen LogP contribution in [0.1, 0.15) is 73.0 Å². The Morgan fingerprint density at radius 1 is 1.21 bits per heavy atom. The first kappa shape index (κ1) is 22.8. The van der Waals surface area contributed by atoms with Crippen molar-refractivity contribution in [1.29, 1.82) is 5.26 Å². The van der Waals surface area contributed by atoms with Crippen LogP contribution in [-0.2, 0) is 29.0 Å². The molecule has 7 nitrogen and oxygen atoms in total. The monoisotopic (exact) mass is 459 g/mol. The van der Waals surface area contributed by atoms with Crippen molar-refractivity contribution < 1.29 is 9.53 Å². The van der Waals surface area contributed by atoms with Gasteiger partial charge in [0.25, 0.3) is 0 Å². The Balaban J connectivity index is 1.40. The topological polar surface area (TPSA) is 82.4 Å². The second kappa shape index (κ2) is 10.1.